The maximum Gasteiger partial charge on any atom is 0.331 e. The van der Waals surface area contributed by atoms with Crippen LogP contribution in [0.2, 0.25) is 10.0 Å². The van der Waals surface area contributed by atoms with E-state index in [2.05, 4.69) is 0 Å². The second kappa shape index (κ2) is 7.12. The lowest BCUT2D eigenvalue weighted by Crippen LogP contribution is -2.03. The minimum Gasteiger partial charge on any atom is -0.486 e. The number of non-ortho nitro benzene ring substituents is 1. The smallest absolute Gasteiger partial charge is 0.331 e. The number of nitro groups is 1. The van der Waals surface area contributed by atoms with Gasteiger partial charge < -0.3 is 9.84 Å². The van der Waals surface area contributed by atoms with Crippen LogP contribution in [0.1, 0.15) is 13.3 Å². The third kappa shape index (κ3) is 4.11. The fraction of sp³-hybridized carbons (Fsp3) is 0.250. The van der Waals surface area contributed by atoms with Gasteiger partial charge in [-0.3, -0.25) is 10.1 Å². The van der Waals surface area contributed by atoms with Gasteiger partial charge in [0.05, 0.1) is 15.0 Å². The summed E-state index contributed by atoms with van der Waals surface area (Å²) >= 11 is 11.7. The molecule has 0 aromatic heterocycles. The Balaban J connectivity index is 2.89. The van der Waals surface area contributed by atoms with E-state index in [1.165, 1.54) is 6.08 Å². The van der Waals surface area contributed by atoms with Gasteiger partial charge in [-0.05, 0) is 12.5 Å². The lowest BCUT2D eigenvalue weighted by atomic mass is 10.2. The molecule has 0 heterocycles. The summed E-state index contributed by atoms with van der Waals surface area (Å²) in [5.41, 5.74) is -0.0539. The van der Waals surface area contributed by atoms with Crippen molar-refractivity contribution < 1.29 is 19.6 Å². The maximum atomic E-state index is 10.8. The summed E-state index contributed by atoms with van der Waals surface area (Å²) in [7, 11) is 0. The Kier molecular flexibility index (Phi) is 5.79. The number of nitro benzene ring substituents is 1. The lowest BCUT2D eigenvalue weighted by Gasteiger charge is -2.08. The standard InChI is InChI=1S/C12H11Cl2NO5/c1-2-7(12(16)17)3-4-20-11-9(13)5-8(15(18)19)6-10(11)14/h3,5-6H,2,4H2,1H3,(H,16,17). The van der Waals surface area contributed by atoms with Gasteiger partial charge in [0.25, 0.3) is 5.69 Å². The zero-order chi connectivity index (χ0) is 15.3. The molecule has 6 nitrogen and oxygen atoms in total. The number of aliphatic carboxylic acids is 1. The normalized spacial score (nSPS) is 11.2. The van der Waals surface area contributed by atoms with E-state index in [9.17, 15) is 14.9 Å². The Morgan fingerprint density at radius 3 is 2.40 bits per heavy atom. The van der Waals surface area contributed by atoms with Crippen LogP contribution in [0.25, 0.3) is 0 Å². The highest BCUT2D eigenvalue weighted by atomic mass is 35.5. The van der Waals surface area contributed by atoms with Crippen molar-refractivity contribution in [2.75, 3.05) is 6.61 Å². The molecule has 0 spiro atoms. The van der Waals surface area contributed by atoms with Crippen molar-refractivity contribution >= 4 is 34.9 Å². The van der Waals surface area contributed by atoms with Crippen LogP contribution in [0, 0.1) is 10.1 Å². The van der Waals surface area contributed by atoms with Crippen molar-refractivity contribution in [1.82, 2.24) is 0 Å². The first-order valence-electron chi connectivity index (χ1n) is 5.55. The first-order chi connectivity index (χ1) is 9.36. The Morgan fingerprint density at radius 2 is 2.00 bits per heavy atom. The number of carboxylic acid groups (broad SMARTS) is 1. The van der Waals surface area contributed by atoms with Crippen molar-refractivity contribution in [1.29, 1.82) is 0 Å². The summed E-state index contributed by atoms with van der Waals surface area (Å²) in [4.78, 5) is 20.8. The average molecular weight is 320 g/mol. The number of benzene rings is 1. The third-order valence-corrected chi connectivity index (χ3v) is 2.97. The summed E-state index contributed by atoms with van der Waals surface area (Å²) in [5.74, 6) is -0.951. The van der Waals surface area contributed by atoms with Crippen molar-refractivity contribution in [2.45, 2.75) is 13.3 Å². The number of nitrogens with zero attached hydrogens (tertiary/aromatic N) is 1. The number of carboxylic acids is 1. The van der Waals surface area contributed by atoms with Gasteiger partial charge >= 0.3 is 5.97 Å². The lowest BCUT2D eigenvalue weighted by molar-refractivity contribution is -0.384. The molecule has 0 fully saturated rings. The SMILES string of the molecule is CCC(=CCOc1c(Cl)cc([N+](=O)[O-])cc1Cl)C(=O)O. The molecule has 0 atom stereocenters. The third-order valence-electron chi connectivity index (χ3n) is 2.41. The Hall–Kier alpha value is -1.79. The van der Waals surface area contributed by atoms with Crippen molar-refractivity contribution in [3.05, 3.63) is 43.9 Å². The maximum absolute atomic E-state index is 10.8. The molecule has 8 heteroatoms. The largest absolute Gasteiger partial charge is 0.486 e. The number of ether oxygens (including phenoxy) is 1. The van der Waals surface area contributed by atoms with Crippen LogP contribution < -0.4 is 4.74 Å². The quantitative estimate of drug-likeness (QED) is 0.490. The van der Waals surface area contributed by atoms with Crippen molar-refractivity contribution in [3.8, 4) is 5.75 Å². The molecule has 0 saturated carbocycles. The van der Waals surface area contributed by atoms with E-state index in [0.717, 1.165) is 12.1 Å². The fourth-order valence-corrected chi connectivity index (χ4v) is 1.98. The molecule has 0 aliphatic heterocycles. The summed E-state index contributed by atoms with van der Waals surface area (Å²) in [5, 5.41) is 19.4. The van der Waals surface area contributed by atoms with Gasteiger partial charge in [-0.1, -0.05) is 30.1 Å². The zero-order valence-corrected chi connectivity index (χ0v) is 11.9. The Labute approximate surface area is 124 Å². The molecule has 0 radical (unpaired) electrons. The van der Waals surface area contributed by atoms with E-state index < -0.39 is 10.9 Å². The highest BCUT2D eigenvalue weighted by molar-refractivity contribution is 6.37. The first kappa shape index (κ1) is 16.3. The molecule has 1 aromatic rings. The van der Waals surface area contributed by atoms with Gasteiger partial charge in [-0.2, -0.15) is 0 Å². The predicted octanol–water partition coefficient (Wildman–Crippen LogP) is 3.70. The van der Waals surface area contributed by atoms with Crippen LogP contribution >= 0.6 is 23.2 Å². The van der Waals surface area contributed by atoms with Crippen molar-refractivity contribution in [2.24, 2.45) is 0 Å². The molecular weight excluding hydrogens is 309 g/mol. The van der Waals surface area contributed by atoms with E-state index >= 15 is 0 Å². The molecule has 0 aliphatic carbocycles. The summed E-state index contributed by atoms with van der Waals surface area (Å²) in [6.45, 7) is 1.65. The molecule has 0 saturated heterocycles. The number of halogens is 2. The average Bonchev–Trinajstić information content (AvgIpc) is 2.36. The predicted molar refractivity (Wildman–Crippen MR) is 74.6 cm³/mol. The summed E-state index contributed by atoms with van der Waals surface area (Å²) in [6, 6.07) is 2.23. The van der Waals surface area contributed by atoms with E-state index in [4.69, 9.17) is 33.0 Å². The number of hydrogen-bond acceptors (Lipinski definition) is 4. The highest BCUT2D eigenvalue weighted by Gasteiger charge is 2.15. The summed E-state index contributed by atoms with van der Waals surface area (Å²) in [6.07, 6.45) is 1.73. The van der Waals surface area contributed by atoms with E-state index in [-0.39, 0.29) is 33.7 Å². The topological polar surface area (TPSA) is 89.7 Å². The highest BCUT2D eigenvalue weighted by Crippen LogP contribution is 2.36. The Morgan fingerprint density at radius 1 is 1.45 bits per heavy atom. The molecule has 108 valence electrons. The summed E-state index contributed by atoms with van der Waals surface area (Å²) < 4.78 is 5.26. The Bertz CT molecular complexity index is 548. The van der Waals surface area contributed by atoms with E-state index in [0.29, 0.717) is 6.42 Å². The van der Waals surface area contributed by atoms with Crippen LogP contribution in [0.5, 0.6) is 5.75 Å². The fourth-order valence-electron chi connectivity index (χ4n) is 1.40. The number of hydrogen-bond donors (Lipinski definition) is 1. The van der Waals surface area contributed by atoms with Gasteiger partial charge in [-0.25, -0.2) is 4.79 Å². The van der Waals surface area contributed by atoms with Crippen LogP contribution in [-0.4, -0.2) is 22.6 Å². The van der Waals surface area contributed by atoms with Crippen LogP contribution in [-0.2, 0) is 4.79 Å². The van der Waals surface area contributed by atoms with Crippen LogP contribution in [0.15, 0.2) is 23.8 Å². The zero-order valence-electron chi connectivity index (χ0n) is 10.4. The van der Waals surface area contributed by atoms with Gasteiger partial charge in [-0.15, -0.1) is 0 Å². The number of rotatable bonds is 6. The molecule has 0 bridgehead atoms. The second-order valence-corrected chi connectivity index (χ2v) is 4.51. The minimum absolute atomic E-state index is 0.00836. The molecular formula is C12H11Cl2NO5. The monoisotopic (exact) mass is 319 g/mol. The molecule has 20 heavy (non-hydrogen) atoms. The second-order valence-electron chi connectivity index (χ2n) is 3.69. The van der Waals surface area contributed by atoms with Crippen LogP contribution in [0.3, 0.4) is 0 Å². The number of carbonyl (C=O) groups is 1. The molecule has 0 unspecified atom stereocenters. The van der Waals surface area contributed by atoms with Gasteiger partial charge in [0.2, 0.25) is 0 Å². The van der Waals surface area contributed by atoms with Gasteiger partial charge in [0.1, 0.15) is 6.61 Å². The van der Waals surface area contributed by atoms with E-state index in [1.807, 2.05) is 0 Å². The molecule has 1 N–H and O–H groups in total. The minimum atomic E-state index is -1.03. The van der Waals surface area contributed by atoms with Crippen LogP contribution in [0.4, 0.5) is 5.69 Å². The molecule has 1 rings (SSSR count). The van der Waals surface area contributed by atoms with E-state index in [1.54, 1.807) is 6.92 Å². The van der Waals surface area contributed by atoms with Gasteiger partial charge in [0.15, 0.2) is 5.75 Å². The molecule has 0 aliphatic rings. The molecule has 1 aromatic carbocycles. The van der Waals surface area contributed by atoms with Gasteiger partial charge in [0, 0.05) is 17.7 Å². The van der Waals surface area contributed by atoms with Crippen molar-refractivity contribution in [3.63, 3.8) is 0 Å². The first-order valence-corrected chi connectivity index (χ1v) is 6.31. The molecule has 0 amide bonds.